The maximum absolute atomic E-state index is 10.4. The van der Waals surface area contributed by atoms with E-state index in [1.165, 1.54) is 12.8 Å². The van der Waals surface area contributed by atoms with E-state index < -0.39 is 9.15 Å². The summed E-state index contributed by atoms with van der Waals surface area (Å²) in [6, 6.07) is 0. The van der Waals surface area contributed by atoms with Crippen molar-refractivity contribution in [1.29, 1.82) is 0 Å². The summed E-state index contributed by atoms with van der Waals surface area (Å²) in [5.74, 6) is 0. The summed E-state index contributed by atoms with van der Waals surface area (Å²) < 4.78 is 31.3. The van der Waals surface area contributed by atoms with Gasteiger partial charge in [0.05, 0.1) is 0 Å². The summed E-state index contributed by atoms with van der Waals surface area (Å²) in [6.07, 6.45) is 6.24. The molecule has 0 spiro atoms. The first-order valence-corrected chi connectivity index (χ1v) is 7.02. The van der Waals surface area contributed by atoms with E-state index in [1.807, 2.05) is 0 Å². The van der Waals surface area contributed by atoms with E-state index in [0.29, 0.717) is 10.8 Å². The summed E-state index contributed by atoms with van der Waals surface area (Å²) in [4.78, 5) is 0. The smallest absolute Gasteiger partial charge is 0.739 e. The molecule has 0 aromatic heterocycles. The average Bonchev–Trinajstić information content (AvgIpc) is 2.12. The molecule has 0 bridgehead atoms. The first kappa shape index (κ1) is 14.3. The molecule has 0 aromatic carbocycles. The number of hydrogen-bond donors (Lipinski definition) is 0. The molecule has 0 N–H and O–H groups in total. The molecule has 0 aliphatic heterocycles. The molecule has 1 aliphatic carbocycles. The molecule has 0 atom stereocenters. The van der Waals surface area contributed by atoms with E-state index in [-0.39, 0.29) is 34.8 Å². The third-order valence-corrected chi connectivity index (χ3v) is 4.56. The largest absolute Gasteiger partial charge is 1.00 e. The van der Waals surface area contributed by atoms with Crippen LogP contribution in [-0.4, -0.2) is 18.2 Å². The summed E-state index contributed by atoms with van der Waals surface area (Å²) >= 11 is 0. The minimum atomic E-state index is -4.07. The van der Waals surface area contributed by atoms with Gasteiger partial charge in [0.1, 0.15) is 9.15 Å². The maximum Gasteiger partial charge on any atom is 1.00 e. The molecule has 0 amide bonds. The van der Waals surface area contributed by atoms with Crippen LogP contribution in [0.2, 0.25) is 0 Å². The molecule has 0 saturated heterocycles. The Bertz CT molecular complexity index is 220. The topological polar surface area (TPSA) is 57.2 Å². The molecule has 1 fully saturated rings. The van der Waals surface area contributed by atoms with Gasteiger partial charge in [0, 0.05) is 5.25 Å². The normalized spacial score (nSPS) is 20.4. The van der Waals surface area contributed by atoms with E-state index in [2.05, 4.69) is 0 Å². The summed E-state index contributed by atoms with van der Waals surface area (Å²) in [6.45, 7) is 0. The van der Waals surface area contributed by atoms with Gasteiger partial charge >= 0.3 is 29.6 Å². The molecule has 1 saturated carbocycles. The number of hydrogen-bond acceptors (Lipinski definition) is 4. The van der Waals surface area contributed by atoms with E-state index in [1.54, 1.807) is 0 Å². The first-order valence-electron chi connectivity index (χ1n) is 4.22. The third-order valence-electron chi connectivity index (χ3n) is 2.06. The zero-order chi connectivity index (χ0) is 9.03. The van der Waals surface area contributed by atoms with Crippen molar-refractivity contribution >= 4 is 19.9 Å². The Labute approximate surface area is 105 Å². The molecule has 0 heterocycles. The van der Waals surface area contributed by atoms with Crippen molar-refractivity contribution in [3.05, 3.63) is 0 Å². The van der Waals surface area contributed by atoms with Gasteiger partial charge in [0.15, 0.2) is 0 Å². The minimum absolute atomic E-state index is 0. The Kier molecular flexibility index (Phi) is 7.34. The van der Waals surface area contributed by atoms with E-state index in [4.69, 9.17) is 0 Å². The van der Waals surface area contributed by atoms with Crippen molar-refractivity contribution in [2.24, 2.45) is 0 Å². The molecular formula is C7H13NaO3S2. The molecule has 13 heavy (non-hydrogen) atoms. The minimum Gasteiger partial charge on any atom is -0.739 e. The zero-order valence-electron chi connectivity index (χ0n) is 7.86. The molecule has 3 nitrogen and oxygen atoms in total. The van der Waals surface area contributed by atoms with Gasteiger partial charge in [0.25, 0.3) is 0 Å². The molecule has 0 radical (unpaired) electrons. The first-order chi connectivity index (χ1) is 5.58. The van der Waals surface area contributed by atoms with Crippen molar-refractivity contribution in [2.75, 3.05) is 0 Å². The standard InChI is InChI=1S/C7H14O3S2.Na/c8-12(9,10)11-7-5-3-1-2-4-6-7;/h7H,1-6H2,(H,8,9,10);/q;+1/p-1. The fourth-order valence-electron chi connectivity index (χ4n) is 1.50. The molecule has 72 valence electrons. The quantitative estimate of drug-likeness (QED) is 0.263. The van der Waals surface area contributed by atoms with Gasteiger partial charge in [-0.15, -0.1) is 0 Å². The van der Waals surface area contributed by atoms with Crippen LogP contribution < -0.4 is 29.6 Å². The second-order valence-corrected chi connectivity index (χ2v) is 6.60. The van der Waals surface area contributed by atoms with Crippen molar-refractivity contribution in [2.45, 2.75) is 43.8 Å². The monoisotopic (exact) mass is 232 g/mol. The second-order valence-electron chi connectivity index (χ2n) is 3.12. The van der Waals surface area contributed by atoms with Gasteiger partial charge in [-0.2, -0.15) is 0 Å². The van der Waals surface area contributed by atoms with Crippen LogP contribution in [0.15, 0.2) is 0 Å². The Balaban J connectivity index is 0.00000144. The molecule has 0 unspecified atom stereocenters. The average molecular weight is 232 g/mol. The Morgan fingerprint density at radius 3 is 1.92 bits per heavy atom. The van der Waals surface area contributed by atoms with Crippen LogP contribution in [0.4, 0.5) is 0 Å². The maximum atomic E-state index is 10.4. The predicted octanol–water partition coefficient (Wildman–Crippen LogP) is -1.09. The third kappa shape index (κ3) is 7.22. The van der Waals surface area contributed by atoms with Crippen LogP contribution in [0.1, 0.15) is 38.5 Å². The fourth-order valence-corrected chi connectivity index (χ4v) is 3.94. The Morgan fingerprint density at radius 2 is 1.54 bits per heavy atom. The van der Waals surface area contributed by atoms with Crippen LogP contribution in [0.25, 0.3) is 0 Å². The van der Waals surface area contributed by atoms with Crippen molar-refractivity contribution in [3.63, 3.8) is 0 Å². The van der Waals surface area contributed by atoms with E-state index >= 15 is 0 Å². The SMILES string of the molecule is O=S(=O)([O-])SC1CCCCCC1.[Na+]. The van der Waals surface area contributed by atoms with Crippen LogP contribution in [0.3, 0.4) is 0 Å². The van der Waals surface area contributed by atoms with Gasteiger partial charge in [0.2, 0.25) is 0 Å². The van der Waals surface area contributed by atoms with Crippen LogP contribution in [0, 0.1) is 0 Å². The zero-order valence-corrected chi connectivity index (χ0v) is 11.5. The van der Waals surface area contributed by atoms with Crippen molar-refractivity contribution < 1.29 is 42.5 Å². The molecular weight excluding hydrogens is 219 g/mol. The van der Waals surface area contributed by atoms with E-state index in [9.17, 15) is 13.0 Å². The Morgan fingerprint density at radius 1 is 1.08 bits per heavy atom. The van der Waals surface area contributed by atoms with Crippen LogP contribution in [-0.2, 0) is 9.15 Å². The predicted molar refractivity (Wildman–Crippen MR) is 48.8 cm³/mol. The van der Waals surface area contributed by atoms with Crippen molar-refractivity contribution in [3.8, 4) is 0 Å². The van der Waals surface area contributed by atoms with Crippen molar-refractivity contribution in [1.82, 2.24) is 0 Å². The van der Waals surface area contributed by atoms with Gasteiger partial charge in [-0.3, -0.25) is 0 Å². The van der Waals surface area contributed by atoms with E-state index in [0.717, 1.165) is 25.7 Å². The summed E-state index contributed by atoms with van der Waals surface area (Å²) in [5, 5.41) is 0.0509. The molecule has 1 aliphatic rings. The molecule has 0 aromatic rings. The second kappa shape index (κ2) is 6.69. The fraction of sp³-hybridized carbons (Fsp3) is 1.00. The van der Waals surface area contributed by atoms with Crippen LogP contribution >= 0.6 is 10.8 Å². The summed E-state index contributed by atoms with van der Waals surface area (Å²) in [7, 11) is -3.47. The van der Waals surface area contributed by atoms with Gasteiger partial charge < -0.3 is 4.55 Å². The molecule has 1 rings (SSSR count). The van der Waals surface area contributed by atoms with Crippen LogP contribution in [0.5, 0.6) is 0 Å². The number of rotatable bonds is 2. The molecule has 6 heteroatoms. The van der Waals surface area contributed by atoms with Gasteiger partial charge in [-0.1, -0.05) is 25.7 Å². The summed E-state index contributed by atoms with van der Waals surface area (Å²) in [5.41, 5.74) is 0. The van der Waals surface area contributed by atoms with Gasteiger partial charge in [-0.25, -0.2) is 8.42 Å². The van der Waals surface area contributed by atoms with Gasteiger partial charge in [-0.05, 0) is 23.6 Å². The Hall–Kier alpha value is 1.26.